The molecule has 10 heteroatoms. The van der Waals surface area contributed by atoms with E-state index in [9.17, 15) is 18.4 Å². The molecule has 0 aliphatic rings. The number of H-pyrrole nitrogens is 1. The third-order valence-corrected chi connectivity index (χ3v) is 5.79. The van der Waals surface area contributed by atoms with Crippen LogP contribution in [0.2, 0.25) is 0 Å². The number of halogens is 2. The van der Waals surface area contributed by atoms with Crippen LogP contribution >= 0.6 is 34.9 Å². The van der Waals surface area contributed by atoms with Crippen LogP contribution in [0.4, 0.5) is 14.5 Å². The quantitative estimate of drug-likeness (QED) is 0.501. The Kier molecular flexibility index (Phi) is 3.74. The molecule has 0 radical (unpaired) electrons. The second-order valence-electron chi connectivity index (χ2n) is 5.05. The maximum Gasteiger partial charge on any atom is 0.269 e. The standard InChI is InChI=1S/C15H7F2N3O2S3/c16-6-1-2-8(7(17)5-6)18-14(22)11-12-19-13(21)10-9(3-4-24-10)20(12)15(23)25-11/h1-5H,(H,18,22)(H,19,21). The Morgan fingerprint density at radius 3 is 2.84 bits per heavy atom. The molecule has 1 aromatic carbocycles. The Morgan fingerprint density at radius 2 is 2.08 bits per heavy atom. The number of hydrogen-bond donors (Lipinski definition) is 2. The number of thiazole rings is 1. The summed E-state index contributed by atoms with van der Waals surface area (Å²) in [5, 5.41) is 4.13. The maximum atomic E-state index is 13.7. The van der Waals surface area contributed by atoms with E-state index in [4.69, 9.17) is 12.2 Å². The number of nitrogens with zero attached hydrogens (tertiary/aromatic N) is 1. The molecule has 0 spiro atoms. The van der Waals surface area contributed by atoms with Crippen LogP contribution in [0.25, 0.3) is 15.9 Å². The lowest BCUT2D eigenvalue weighted by atomic mass is 10.3. The van der Waals surface area contributed by atoms with E-state index < -0.39 is 17.5 Å². The second kappa shape index (κ2) is 5.83. The molecule has 0 aliphatic carbocycles. The topological polar surface area (TPSA) is 66.4 Å². The molecular weight excluding hydrogens is 388 g/mol. The van der Waals surface area contributed by atoms with E-state index >= 15 is 0 Å². The molecule has 1 amide bonds. The van der Waals surface area contributed by atoms with Crippen LogP contribution in [0.5, 0.6) is 0 Å². The minimum Gasteiger partial charge on any atom is -0.319 e. The van der Waals surface area contributed by atoms with E-state index in [-0.39, 0.29) is 21.8 Å². The summed E-state index contributed by atoms with van der Waals surface area (Å²) in [6, 6.07) is 4.58. The first-order valence-corrected chi connectivity index (χ1v) is 8.97. The zero-order valence-electron chi connectivity index (χ0n) is 12.1. The molecule has 0 saturated heterocycles. The summed E-state index contributed by atoms with van der Waals surface area (Å²) in [5.41, 5.74) is 0.352. The van der Waals surface area contributed by atoms with Crippen LogP contribution in [0.15, 0.2) is 34.4 Å². The molecule has 0 fully saturated rings. The number of anilines is 1. The summed E-state index contributed by atoms with van der Waals surface area (Å²) >= 11 is 7.56. The molecule has 126 valence electrons. The normalized spacial score (nSPS) is 11.3. The van der Waals surface area contributed by atoms with Gasteiger partial charge in [-0.3, -0.25) is 14.0 Å². The highest BCUT2D eigenvalue weighted by molar-refractivity contribution is 7.73. The van der Waals surface area contributed by atoms with Gasteiger partial charge >= 0.3 is 0 Å². The Hall–Kier alpha value is -2.43. The SMILES string of the molecule is O=C(Nc1ccc(F)cc1F)c1sc(=S)n2c1[nH]c(=O)c1sccc12. The van der Waals surface area contributed by atoms with Crippen LogP contribution in [0.3, 0.4) is 0 Å². The highest BCUT2D eigenvalue weighted by Gasteiger charge is 2.19. The van der Waals surface area contributed by atoms with E-state index in [0.717, 1.165) is 23.5 Å². The lowest BCUT2D eigenvalue weighted by Crippen LogP contribution is -2.15. The third kappa shape index (κ3) is 2.58. The van der Waals surface area contributed by atoms with Gasteiger partial charge in [0.15, 0.2) is 3.95 Å². The minimum absolute atomic E-state index is 0.138. The molecule has 0 bridgehead atoms. The van der Waals surface area contributed by atoms with Crippen molar-refractivity contribution in [3.63, 3.8) is 0 Å². The number of aromatic amines is 1. The molecule has 4 aromatic rings. The van der Waals surface area contributed by atoms with Crippen LogP contribution in [0, 0.1) is 15.6 Å². The van der Waals surface area contributed by atoms with Crippen molar-refractivity contribution in [2.24, 2.45) is 0 Å². The molecule has 0 aliphatic heterocycles. The summed E-state index contributed by atoms with van der Waals surface area (Å²) in [5.74, 6) is -2.28. The average molecular weight is 395 g/mol. The van der Waals surface area contributed by atoms with E-state index in [1.165, 1.54) is 11.3 Å². The van der Waals surface area contributed by atoms with Crippen molar-refractivity contribution < 1.29 is 13.6 Å². The van der Waals surface area contributed by atoms with E-state index in [1.807, 2.05) is 0 Å². The van der Waals surface area contributed by atoms with Crippen LogP contribution in [-0.4, -0.2) is 15.3 Å². The fourth-order valence-electron chi connectivity index (χ4n) is 2.44. The first kappa shape index (κ1) is 16.1. The van der Waals surface area contributed by atoms with Gasteiger partial charge in [-0.25, -0.2) is 8.78 Å². The van der Waals surface area contributed by atoms with Crippen molar-refractivity contribution in [1.29, 1.82) is 0 Å². The molecular formula is C15H7F2N3O2S3. The predicted molar refractivity (Wildman–Crippen MR) is 96.4 cm³/mol. The number of aromatic nitrogens is 2. The van der Waals surface area contributed by atoms with Gasteiger partial charge in [-0.05, 0) is 35.8 Å². The van der Waals surface area contributed by atoms with Gasteiger partial charge in [0, 0.05) is 6.07 Å². The van der Waals surface area contributed by atoms with Gasteiger partial charge in [0.2, 0.25) is 0 Å². The summed E-state index contributed by atoms with van der Waals surface area (Å²) in [6.45, 7) is 0. The lowest BCUT2D eigenvalue weighted by molar-refractivity contribution is 0.103. The molecule has 0 saturated carbocycles. The second-order valence-corrected chi connectivity index (χ2v) is 7.61. The fraction of sp³-hybridized carbons (Fsp3) is 0. The molecule has 25 heavy (non-hydrogen) atoms. The number of fused-ring (bicyclic) bond motifs is 3. The summed E-state index contributed by atoms with van der Waals surface area (Å²) < 4.78 is 29.2. The van der Waals surface area contributed by atoms with Crippen molar-refractivity contribution in [2.45, 2.75) is 0 Å². The molecule has 0 unspecified atom stereocenters. The molecule has 4 rings (SSSR count). The highest BCUT2D eigenvalue weighted by atomic mass is 32.1. The van der Waals surface area contributed by atoms with E-state index in [0.29, 0.717) is 20.2 Å². The molecule has 3 aromatic heterocycles. The number of rotatable bonds is 2. The van der Waals surface area contributed by atoms with Crippen molar-refractivity contribution in [3.8, 4) is 0 Å². The number of carbonyl (C=O) groups is 1. The van der Waals surface area contributed by atoms with E-state index in [1.54, 1.807) is 15.8 Å². The first-order chi connectivity index (χ1) is 12.0. The smallest absolute Gasteiger partial charge is 0.269 e. The fourth-order valence-corrected chi connectivity index (χ4v) is 4.49. The Labute approximate surface area is 151 Å². The van der Waals surface area contributed by atoms with E-state index in [2.05, 4.69) is 10.3 Å². The summed E-state index contributed by atoms with van der Waals surface area (Å²) in [4.78, 5) is 27.5. The zero-order chi connectivity index (χ0) is 17.7. The lowest BCUT2D eigenvalue weighted by Gasteiger charge is -2.05. The van der Waals surface area contributed by atoms with Crippen LogP contribution < -0.4 is 10.9 Å². The zero-order valence-corrected chi connectivity index (χ0v) is 14.6. The summed E-state index contributed by atoms with van der Waals surface area (Å²) in [7, 11) is 0. The van der Waals surface area contributed by atoms with Gasteiger partial charge < -0.3 is 10.3 Å². The van der Waals surface area contributed by atoms with Gasteiger partial charge in [0.05, 0.1) is 11.2 Å². The Morgan fingerprint density at radius 1 is 1.28 bits per heavy atom. The number of hydrogen-bond acceptors (Lipinski definition) is 5. The van der Waals surface area contributed by atoms with Crippen LogP contribution in [-0.2, 0) is 0 Å². The van der Waals surface area contributed by atoms with Gasteiger partial charge in [0.25, 0.3) is 11.5 Å². The molecule has 2 N–H and O–H groups in total. The van der Waals surface area contributed by atoms with Crippen molar-refractivity contribution >= 4 is 62.3 Å². The maximum absolute atomic E-state index is 13.7. The Bertz CT molecular complexity index is 1270. The number of carbonyl (C=O) groups excluding carboxylic acids is 1. The van der Waals surface area contributed by atoms with Crippen LogP contribution in [0.1, 0.15) is 9.67 Å². The largest absolute Gasteiger partial charge is 0.319 e. The monoisotopic (exact) mass is 395 g/mol. The number of amides is 1. The molecule has 5 nitrogen and oxygen atoms in total. The average Bonchev–Trinajstić information content (AvgIpc) is 3.15. The number of nitrogens with one attached hydrogen (secondary N) is 2. The van der Waals surface area contributed by atoms with Gasteiger partial charge in [0.1, 0.15) is 26.9 Å². The number of thiophene rings is 1. The van der Waals surface area contributed by atoms with Gasteiger partial charge in [-0.2, -0.15) is 0 Å². The van der Waals surface area contributed by atoms with Crippen molar-refractivity contribution in [2.75, 3.05) is 5.32 Å². The van der Waals surface area contributed by atoms with Gasteiger partial charge in [-0.15, -0.1) is 11.3 Å². The predicted octanol–water partition coefficient (Wildman–Crippen LogP) is 4.16. The third-order valence-electron chi connectivity index (χ3n) is 3.52. The summed E-state index contributed by atoms with van der Waals surface area (Å²) in [6.07, 6.45) is 0. The first-order valence-electron chi connectivity index (χ1n) is 6.87. The Balaban J connectivity index is 1.86. The molecule has 0 atom stereocenters. The highest BCUT2D eigenvalue weighted by Crippen LogP contribution is 2.26. The van der Waals surface area contributed by atoms with Crippen molar-refractivity contribution in [3.05, 3.63) is 60.5 Å². The number of benzene rings is 1. The minimum atomic E-state index is -0.894. The van der Waals surface area contributed by atoms with Crippen molar-refractivity contribution in [1.82, 2.24) is 9.38 Å². The van der Waals surface area contributed by atoms with Gasteiger partial charge in [-0.1, -0.05) is 11.3 Å². The molecule has 3 heterocycles.